The molecule has 31 heavy (non-hydrogen) atoms. The summed E-state index contributed by atoms with van der Waals surface area (Å²) in [5.74, 6) is -3.08. The topological polar surface area (TPSA) is 28.1 Å². The molecule has 0 aliphatic carbocycles. The van der Waals surface area contributed by atoms with Crippen LogP contribution in [0.4, 0.5) is 18.9 Å². The second-order valence-electron chi connectivity index (χ2n) is 8.55. The van der Waals surface area contributed by atoms with Crippen molar-refractivity contribution in [3.8, 4) is 0 Å². The molecule has 5 rings (SSSR count). The Morgan fingerprint density at radius 1 is 1.26 bits per heavy atom. The summed E-state index contributed by atoms with van der Waals surface area (Å²) < 4.78 is 48.9. The summed E-state index contributed by atoms with van der Waals surface area (Å²) in [5, 5.41) is 6.29. The van der Waals surface area contributed by atoms with Crippen LogP contribution in [0.5, 0.6) is 0 Å². The van der Waals surface area contributed by atoms with Crippen LogP contribution < -0.4 is 5.01 Å². The zero-order valence-corrected chi connectivity index (χ0v) is 18.7. The summed E-state index contributed by atoms with van der Waals surface area (Å²) in [4.78, 5) is 2.91. The molecular weight excluding hydrogens is 447 g/mol. The SMILES string of the molecule is CC1=NN(c2ccccc2F)CC1CN1CCC2(CC1)OCC(F)(F)c1cc(Cl)sc12. The Morgan fingerprint density at radius 2 is 2.00 bits per heavy atom. The van der Waals surface area contributed by atoms with Crippen LogP contribution >= 0.6 is 22.9 Å². The van der Waals surface area contributed by atoms with Gasteiger partial charge < -0.3 is 9.64 Å². The standard InChI is InChI=1S/C22H23ClF3N3OS/c1-14-15(12-29(27-14)18-5-3-2-4-17(18)24)11-28-8-6-21(7-9-28)20-16(10-19(23)31-20)22(25,26)13-30-21/h2-5,10,15H,6-9,11-13H2,1H3. The van der Waals surface area contributed by atoms with Crippen LogP contribution in [0.2, 0.25) is 4.34 Å². The molecule has 3 aliphatic heterocycles. The number of rotatable bonds is 3. The first-order chi connectivity index (χ1) is 14.8. The zero-order valence-electron chi connectivity index (χ0n) is 17.1. The van der Waals surface area contributed by atoms with Crippen molar-refractivity contribution in [1.29, 1.82) is 0 Å². The first kappa shape index (κ1) is 21.2. The van der Waals surface area contributed by atoms with Crippen molar-refractivity contribution in [3.63, 3.8) is 0 Å². The molecule has 0 bridgehead atoms. The molecule has 1 spiro atoms. The minimum absolute atomic E-state index is 0.0292. The maximum atomic E-state index is 14.3. The fraction of sp³-hybridized carbons (Fsp3) is 0.500. The number of para-hydroxylation sites is 1. The van der Waals surface area contributed by atoms with Gasteiger partial charge in [-0.1, -0.05) is 23.7 Å². The van der Waals surface area contributed by atoms with Crippen LogP contribution in [0.25, 0.3) is 0 Å². The molecule has 9 heteroatoms. The van der Waals surface area contributed by atoms with Gasteiger partial charge in [-0.05, 0) is 38.0 Å². The maximum absolute atomic E-state index is 14.3. The van der Waals surface area contributed by atoms with Crippen molar-refractivity contribution in [2.75, 3.05) is 37.8 Å². The molecule has 4 nitrogen and oxygen atoms in total. The van der Waals surface area contributed by atoms with E-state index in [1.165, 1.54) is 23.5 Å². The van der Waals surface area contributed by atoms with Crippen molar-refractivity contribution in [2.24, 2.45) is 11.0 Å². The highest BCUT2D eigenvalue weighted by Crippen LogP contribution is 2.52. The Labute approximate surface area is 188 Å². The molecule has 1 aromatic carbocycles. The van der Waals surface area contributed by atoms with Crippen molar-refractivity contribution in [3.05, 3.63) is 50.9 Å². The molecule has 166 valence electrons. The van der Waals surface area contributed by atoms with Crippen LogP contribution in [-0.2, 0) is 16.3 Å². The third-order valence-electron chi connectivity index (χ3n) is 6.58. The largest absolute Gasteiger partial charge is 0.363 e. The number of thiophene rings is 1. The van der Waals surface area contributed by atoms with E-state index in [0.29, 0.717) is 34.3 Å². The molecule has 3 aliphatic rings. The minimum Gasteiger partial charge on any atom is -0.363 e. The van der Waals surface area contributed by atoms with Gasteiger partial charge >= 0.3 is 0 Å². The number of anilines is 1. The lowest BCUT2D eigenvalue weighted by atomic mass is 9.84. The van der Waals surface area contributed by atoms with Crippen LogP contribution in [0.15, 0.2) is 35.4 Å². The van der Waals surface area contributed by atoms with Crippen molar-refractivity contribution in [2.45, 2.75) is 31.3 Å². The average Bonchev–Trinajstić information content (AvgIpc) is 3.31. The van der Waals surface area contributed by atoms with E-state index in [1.807, 2.05) is 6.92 Å². The highest BCUT2D eigenvalue weighted by atomic mass is 35.5. The van der Waals surface area contributed by atoms with Gasteiger partial charge in [0.1, 0.15) is 18.0 Å². The smallest absolute Gasteiger partial charge is 0.297 e. The molecule has 4 heterocycles. The summed E-state index contributed by atoms with van der Waals surface area (Å²) in [6.07, 6.45) is 1.29. The molecule has 0 amide bonds. The third-order valence-corrected chi connectivity index (χ3v) is 8.02. The van der Waals surface area contributed by atoms with Crippen LogP contribution in [0, 0.1) is 11.7 Å². The number of hydrazone groups is 1. The second-order valence-corrected chi connectivity index (χ2v) is 10.2. The molecule has 2 aromatic rings. The molecule has 0 N–H and O–H groups in total. The lowest BCUT2D eigenvalue weighted by molar-refractivity contribution is -0.181. The quantitative estimate of drug-likeness (QED) is 0.597. The zero-order chi connectivity index (χ0) is 21.8. The number of benzene rings is 1. The molecule has 0 saturated carbocycles. The molecular formula is C22H23ClF3N3OS. The summed E-state index contributed by atoms with van der Waals surface area (Å²) >= 11 is 7.30. The van der Waals surface area contributed by atoms with E-state index >= 15 is 0 Å². The number of halogens is 4. The number of ether oxygens (including phenoxy) is 1. The Kier molecular flexibility index (Phi) is 5.32. The van der Waals surface area contributed by atoms with Crippen LogP contribution in [0.1, 0.15) is 30.2 Å². The lowest BCUT2D eigenvalue weighted by Crippen LogP contribution is -2.50. The number of fused-ring (bicyclic) bond motifs is 2. The van der Waals surface area contributed by atoms with E-state index in [-0.39, 0.29) is 17.3 Å². The number of hydrogen-bond donors (Lipinski definition) is 0. The van der Waals surface area contributed by atoms with Crippen LogP contribution in [0.3, 0.4) is 0 Å². The predicted molar refractivity (Wildman–Crippen MR) is 117 cm³/mol. The average molecular weight is 470 g/mol. The van der Waals surface area contributed by atoms with E-state index in [4.69, 9.17) is 16.3 Å². The van der Waals surface area contributed by atoms with Gasteiger partial charge in [-0.25, -0.2) is 4.39 Å². The van der Waals surface area contributed by atoms with E-state index in [1.54, 1.807) is 23.2 Å². The van der Waals surface area contributed by atoms with Gasteiger partial charge in [0.15, 0.2) is 0 Å². The van der Waals surface area contributed by atoms with E-state index in [2.05, 4.69) is 10.0 Å². The van der Waals surface area contributed by atoms with Gasteiger partial charge in [0.05, 0.1) is 16.6 Å². The first-order valence-electron chi connectivity index (χ1n) is 10.4. The second kappa shape index (κ2) is 7.76. The van der Waals surface area contributed by atoms with Gasteiger partial charge in [-0.15, -0.1) is 11.3 Å². The van der Waals surface area contributed by atoms with E-state index < -0.39 is 18.1 Å². The Hall–Kier alpha value is -1.61. The fourth-order valence-electron chi connectivity index (χ4n) is 4.78. The number of nitrogens with zero attached hydrogens (tertiary/aromatic N) is 3. The van der Waals surface area contributed by atoms with Gasteiger partial charge in [0.25, 0.3) is 5.92 Å². The van der Waals surface area contributed by atoms with E-state index in [0.717, 1.165) is 25.3 Å². The molecule has 1 saturated heterocycles. The summed E-state index contributed by atoms with van der Waals surface area (Å²) in [6, 6.07) is 8.05. The highest BCUT2D eigenvalue weighted by molar-refractivity contribution is 7.16. The predicted octanol–water partition coefficient (Wildman–Crippen LogP) is 5.47. The normalized spacial score (nSPS) is 25.0. The third kappa shape index (κ3) is 3.77. The van der Waals surface area contributed by atoms with E-state index in [9.17, 15) is 13.2 Å². The monoisotopic (exact) mass is 469 g/mol. The Morgan fingerprint density at radius 3 is 2.74 bits per heavy atom. The maximum Gasteiger partial charge on any atom is 0.297 e. The minimum atomic E-state index is -2.99. The number of piperidine rings is 1. The molecule has 1 atom stereocenters. The number of hydrogen-bond acceptors (Lipinski definition) is 5. The Bertz CT molecular complexity index is 1020. The van der Waals surface area contributed by atoms with Gasteiger partial charge in [-0.2, -0.15) is 13.9 Å². The van der Waals surface area contributed by atoms with Crippen molar-refractivity contribution < 1.29 is 17.9 Å². The molecule has 1 unspecified atom stereocenters. The number of alkyl halides is 2. The molecule has 1 fully saturated rings. The first-order valence-corrected chi connectivity index (χ1v) is 11.6. The van der Waals surface area contributed by atoms with Crippen molar-refractivity contribution in [1.82, 2.24) is 4.90 Å². The summed E-state index contributed by atoms with van der Waals surface area (Å²) in [6.45, 7) is 4.28. The highest BCUT2D eigenvalue weighted by Gasteiger charge is 2.51. The van der Waals surface area contributed by atoms with Gasteiger partial charge in [0, 0.05) is 41.7 Å². The van der Waals surface area contributed by atoms with Crippen LogP contribution in [-0.4, -0.2) is 43.4 Å². The van der Waals surface area contributed by atoms with Gasteiger partial charge in [0.2, 0.25) is 0 Å². The molecule has 1 aromatic heterocycles. The number of likely N-dealkylation sites (tertiary alicyclic amines) is 1. The molecule has 0 radical (unpaired) electrons. The van der Waals surface area contributed by atoms with Crippen molar-refractivity contribution >= 4 is 34.3 Å². The Balaban J connectivity index is 1.25. The lowest BCUT2D eigenvalue weighted by Gasteiger charge is -2.45. The fourth-order valence-corrected chi connectivity index (χ4v) is 6.26. The summed E-state index contributed by atoms with van der Waals surface area (Å²) in [5.41, 5.74) is 0.815. The summed E-state index contributed by atoms with van der Waals surface area (Å²) in [7, 11) is 0. The van der Waals surface area contributed by atoms with Gasteiger partial charge in [-0.3, -0.25) is 5.01 Å².